The fourth-order valence-electron chi connectivity index (χ4n) is 3.74. The van der Waals surface area contributed by atoms with Crippen LogP contribution < -0.4 is 0 Å². The van der Waals surface area contributed by atoms with Gasteiger partial charge in [-0.15, -0.1) is 0 Å². The zero-order valence-corrected chi connectivity index (χ0v) is 10.7. The molecule has 2 aliphatic carbocycles. The van der Waals surface area contributed by atoms with E-state index in [1.165, 1.54) is 32.1 Å². The molecular weight excluding hydrogens is 216 g/mol. The average Bonchev–Trinajstić information content (AvgIpc) is 2.51. The highest BCUT2D eigenvalue weighted by Crippen LogP contribution is 2.31. The summed E-state index contributed by atoms with van der Waals surface area (Å²) in [5.74, 6) is 0. The molecule has 0 aromatic heterocycles. The van der Waals surface area contributed by atoms with Crippen LogP contribution in [-0.4, -0.2) is 0 Å². The molecular formula is C18H18. The van der Waals surface area contributed by atoms with Crippen molar-refractivity contribution in [1.29, 1.82) is 0 Å². The molecule has 0 saturated heterocycles. The van der Waals surface area contributed by atoms with Gasteiger partial charge in [0.25, 0.3) is 0 Å². The summed E-state index contributed by atoms with van der Waals surface area (Å²) in [6.07, 6.45) is 7.45. The molecule has 0 heteroatoms. The van der Waals surface area contributed by atoms with Crippen LogP contribution in [-0.2, 0) is 32.1 Å². The lowest BCUT2D eigenvalue weighted by molar-refractivity contribution is 0.810. The second-order valence-corrected chi connectivity index (χ2v) is 5.64. The minimum absolute atomic E-state index is 1.15. The van der Waals surface area contributed by atoms with Gasteiger partial charge in [-0.1, -0.05) is 36.4 Å². The molecule has 0 atom stereocenters. The lowest BCUT2D eigenvalue weighted by Crippen LogP contribution is -2.02. The standard InChI is InChI=1S/C18H18/c1-4-13-6-2-8-15-12-16-9-3-7-14(5-1)18(16)11-10-17(13)15/h2-3,6-9H,1,4-5,10-12H2. The highest BCUT2D eigenvalue weighted by molar-refractivity contribution is 5.47. The van der Waals surface area contributed by atoms with E-state index in [9.17, 15) is 0 Å². The van der Waals surface area contributed by atoms with Gasteiger partial charge in [0.2, 0.25) is 0 Å². The molecule has 2 aromatic carbocycles. The predicted molar refractivity (Wildman–Crippen MR) is 75.1 cm³/mol. The van der Waals surface area contributed by atoms with Crippen LogP contribution in [0.1, 0.15) is 39.8 Å². The van der Waals surface area contributed by atoms with Crippen molar-refractivity contribution in [3.63, 3.8) is 0 Å². The topological polar surface area (TPSA) is 0 Å². The van der Waals surface area contributed by atoms with E-state index >= 15 is 0 Å². The van der Waals surface area contributed by atoms with Crippen LogP contribution in [0, 0.1) is 0 Å². The van der Waals surface area contributed by atoms with Crippen LogP contribution >= 0.6 is 0 Å². The molecule has 2 aliphatic rings. The highest BCUT2D eigenvalue weighted by Gasteiger charge is 2.19. The second kappa shape index (κ2) is 3.98. The summed E-state index contributed by atoms with van der Waals surface area (Å²) >= 11 is 0. The Labute approximate surface area is 109 Å². The minimum atomic E-state index is 1.15. The molecule has 0 radical (unpaired) electrons. The first-order valence-electron chi connectivity index (χ1n) is 7.11. The Bertz CT molecular complexity index is 554. The van der Waals surface area contributed by atoms with E-state index in [0.717, 1.165) is 6.42 Å². The Morgan fingerprint density at radius 1 is 0.556 bits per heavy atom. The SMILES string of the molecule is c1cc2c3c(c1)Cc1cccc(c1CC3)CCC2. The van der Waals surface area contributed by atoms with E-state index in [-0.39, 0.29) is 0 Å². The summed E-state index contributed by atoms with van der Waals surface area (Å²) in [5, 5.41) is 0. The van der Waals surface area contributed by atoms with Crippen LogP contribution in [0.25, 0.3) is 0 Å². The third kappa shape index (κ3) is 1.52. The number of rotatable bonds is 0. The van der Waals surface area contributed by atoms with Gasteiger partial charge < -0.3 is 0 Å². The van der Waals surface area contributed by atoms with E-state index in [2.05, 4.69) is 36.4 Å². The molecule has 2 aromatic rings. The van der Waals surface area contributed by atoms with Gasteiger partial charge in [0.15, 0.2) is 0 Å². The smallest absolute Gasteiger partial charge is 0.00201 e. The molecule has 0 aliphatic heterocycles. The van der Waals surface area contributed by atoms with E-state index in [0.29, 0.717) is 0 Å². The van der Waals surface area contributed by atoms with E-state index in [1.807, 2.05) is 0 Å². The summed E-state index contributed by atoms with van der Waals surface area (Å²) in [7, 11) is 0. The number of hydrogen-bond donors (Lipinski definition) is 0. The minimum Gasteiger partial charge on any atom is -0.0617 e. The first kappa shape index (κ1) is 10.4. The quantitative estimate of drug-likeness (QED) is 0.649. The molecule has 0 fully saturated rings. The summed E-state index contributed by atoms with van der Waals surface area (Å²) in [6.45, 7) is 0. The summed E-state index contributed by atoms with van der Waals surface area (Å²) < 4.78 is 0. The zero-order chi connectivity index (χ0) is 11.9. The predicted octanol–water partition coefficient (Wildman–Crippen LogP) is 3.86. The molecule has 0 heterocycles. The van der Waals surface area contributed by atoms with Gasteiger partial charge in [-0.25, -0.2) is 0 Å². The third-order valence-electron chi connectivity index (χ3n) is 4.64. The fraction of sp³-hybridized carbons (Fsp3) is 0.333. The maximum Gasteiger partial charge on any atom is -0.00201 e. The first-order valence-corrected chi connectivity index (χ1v) is 7.11. The van der Waals surface area contributed by atoms with Crippen LogP contribution in [0.3, 0.4) is 0 Å². The van der Waals surface area contributed by atoms with Crippen LogP contribution in [0.15, 0.2) is 36.4 Å². The Balaban J connectivity index is 1.99. The van der Waals surface area contributed by atoms with Crippen LogP contribution in [0.5, 0.6) is 0 Å². The largest absolute Gasteiger partial charge is 0.0617 e. The molecule has 0 nitrogen and oxygen atoms in total. The second-order valence-electron chi connectivity index (χ2n) is 5.64. The third-order valence-corrected chi connectivity index (χ3v) is 4.64. The maximum absolute atomic E-state index is 2.35. The monoisotopic (exact) mass is 234 g/mol. The van der Waals surface area contributed by atoms with Crippen molar-refractivity contribution in [2.24, 2.45) is 0 Å². The normalized spacial score (nSPS) is 16.7. The van der Waals surface area contributed by atoms with Crippen molar-refractivity contribution < 1.29 is 0 Å². The first-order chi connectivity index (χ1) is 8.92. The average molecular weight is 234 g/mol. The van der Waals surface area contributed by atoms with Gasteiger partial charge in [0.1, 0.15) is 0 Å². The van der Waals surface area contributed by atoms with Gasteiger partial charge in [-0.2, -0.15) is 0 Å². The summed E-state index contributed by atoms with van der Waals surface area (Å²) in [5.41, 5.74) is 9.68. The van der Waals surface area contributed by atoms with Gasteiger partial charge in [-0.3, -0.25) is 0 Å². The van der Waals surface area contributed by atoms with Crippen molar-refractivity contribution in [1.82, 2.24) is 0 Å². The Morgan fingerprint density at radius 2 is 1.06 bits per heavy atom. The molecule has 18 heavy (non-hydrogen) atoms. The molecule has 0 saturated carbocycles. The van der Waals surface area contributed by atoms with Gasteiger partial charge >= 0.3 is 0 Å². The number of hydrogen-bond acceptors (Lipinski definition) is 0. The van der Waals surface area contributed by atoms with Gasteiger partial charge in [-0.05, 0) is 71.9 Å². The van der Waals surface area contributed by atoms with Crippen molar-refractivity contribution in [2.45, 2.75) is 38.5 Å². The Morgan fingerprint density at radius 3 is 1.61 bits per heavy atom. The molecule has 0 N–H and O–H groups in total. The lowest BCUT2D eigenvalue weighted by Gasteiger charge is -2.14. The molecule has 0 unspecified atom stereocenters. The molecule has 0 spiro atoms. The van der Waals surface area contributed by atoms with Gasteiger partial charge in [0, 0.05) is 0 Å². The number of fused-ring (bicyclic) bond motifs is 1. The Kier molecular flexibility index (Phi) is 2.29. The van der Waals surface area contributed by atoms with Crippen molar-refractivity contribution in [2.75, 3.05) is 0 Å². The molecule has 2 bridgehead atoms. The highest BCUT2D eigenvalue weighted by atomic mass is 14.2. The Hall–Kier alpha value is -1.56. The maximum atomic E-state index is 2.35. The van der Waals surface area contributed by atoms with Crippen LogP contribution in [0.4, 0.5) is 0 Å². The van der Waals surface area contributed by atoms with Crippen molar-refractivity contribution in [3.8, 4) is 0 Å². The molecule has 0 amide bonds. The van der Waals surface area contributed by atoms with Gasteiger partial charge in [0.05, 0.1) is 0 Å². The molecule has 4 rings (SSSR count). The van der Waals surface area contributed by atoms with Crippen molar-refractivity contribution >= 4 is 0 Å². The van der Waals surface area contributed by atoms with E-state index < -0.39 is 0 Å². The fourth-order valence-corrected chi connectivity index (χ4v) is 3.74. The zero-order valence-electron chi connectivity index (χ0n) is 10.7. The van der Waals surface area contributed by atoms with E-state index in [4.69, 9.17) is 0 Å². The van der Waals surface area contributed by atoms with Crippen LogP contribution in [0.2, 0.25) is 0 Å². The lowest BCUT2D eigenvalue weighted by atomic mass is 9.91. The number of aryl methyl sites for hydroxylation is 2. The summed E-state index contributed by atoms with van der Waals surface area (Å²) in [6, 6.07) is 13.9. The summed E-state index contributed by atoms with van der Waals surface area (Å²) in [4.78, 5) is 0. The molecule has 90 valence electrons. The van der Waals surface area contributed by atoms with Crippen molar-refractivity contribution in [3.05, 3.63) is 69.8 Å². The van der Waals surface area contributed by atoms with E-state index in [1.54, 1.807) is 33.4 Å². The number of benzene rings is 2.